The minimum Gasteiger partial charge on any atom is -0.451 e. The van der Waals surface area contributed by atoms with Crippen molar-refractivity contribution in [1.29, 1.82) is 0 Å². The van der Waals surface area contributed by atoms with Crippen molar-refractivity contribution in [3.05, 3.63) is 58.8 Å². The smallest absolute Gasteiger partial charge is 0.305 e. The average molecular weight is 313 g/mol. The third-order valence-corrected chi connectivity index (χ3v) is 3.93. The summed E-state index contributed by atoms with van der Waals surface area (Å²) in [5.41, 5.74) is 10.9. The van der Waals surface area contributed by atoms with E-state index in [4.69, 9.17) is 21.8 Å². The number of nitrogens with one attached hydrogen (secondary N) is 1. The number of amides is 1. The average Bonchev–Trinajstić information content (AvgIpc) is 2.87. The largest absolute Gasteiger partial charge is 0.451 e. The number of rotatable bonds is 4. The topological polar surface area (TPSA) is 54.0 Å². The van der Waals surface area contributed by atoms with Gasteiger partial charge in [-0.1, -0.05) is 49.2 Å². The van der Waals surface area contributed by atoms with Gasteiger partial charge in [-0.3, -0.25) is 10.5 Å². The van der Waals surface area contributed by atoms with E-state index in [2.05, 4.69) is 0 Å². The number of fused-ring (bicyclic) bond motifs is 1. The number of halogens is 1. The van der Waals surface area contributed by atoms with Gasteiger partial charge in [0.05, 0.1) is 0 Å². The zero-order valence-electron chi connectivity index (χ0n) is 12.2. The molecule has 3 rings (SSSR count). The summed E-state index contributed by atoms with van der Waals surface area (Å²) in [6, 6.07) is 13.4. The van der Waals surface area contributed by atoms with Crippen molar-refractivity contribution in [3.8, 4) is 11.1 Å². The quantitative estimate of drug-likeness (QED) is 0.670. The molecule has 1 amide bonds. The minimum absolute atomic E-state index is 0.158. The number of carbonyl (C=O) groups is 1. The monoisotopic (exact) mass is 312 g/mol. The molecule has 0 aliphatic rings. The van der Waals surface area contributed by atoms with Gasteiger partial charge in [0, 0.05) is 16.0 Å². The van der Waals surface area contributed by atoms with Crippen LogP contribution in [0, 0.1) is 0 Å². The Balaban J connectivity index is 2.14. The highest BCUT2D eigenvalue weighted by atomic mass is 35.5. The molecule has 0 aliphatic heterocycles. The summed E-state index contributed by atoms with van der Waals surface area (Å²) < 4.78 is 5.64. The summed E-state index contributed by atoms with van der Waals surface area (Å²) in [6.07, 6.45) is 1.63. The van der Waals surface area contributed by atoms with Gasteiger partial charge in [0.25, 0.3) is 0 Å². The van der Waals surface area contributed by atoms with E-state index in [0.29, 0.717) is 10.6 Å². The van der Waals surface area contributed by atoms with Gasteiger partial charge in [0.2, 0.25) is 0 Å². The second-order valence-electron chi connectivity index (χ2n) is 5.21. The molecule has 1 aromatic heterocycles. The number of hydrogen-bond acceptors (Lipinski definition) is 2. The molecule has 111 valence electrons. The summed E-state index contributed by atoms with van der Waals surface area (Å²) in [4.78, 5) is 11.5. The third-order valence-electron chi connectivity index (χ3n) is 3.68. The summed E-state index contributed by atoms with van der Waals surface area (Å²) >= 11 is 5.91. The predicted octanol–water partition coefficient (Wildman–Crippen LogP) is 5.13. The van der Waals surface area contributed by atoms with Gasteiger partial charge in [0.1, 0.15) is 5.58 Å². The summed E-state index contributed by atoms with van der Waals surface area (Å²) in [5.74, 6) is -0.613. The van der Waals surface area contributed by atoms with Gasteiger partial charge in [0.15, 0.2) is 5.76 Å². The molecule has 0 atom stereocenters. The van der Waals surface area contributed by atoms with Crippen molar-refractivity contribution >= 4 is 28.5 Å². The van der Waals surface area contributed by atoms with Crippen molar-refractivity contribution in [2.24, 2.45) is 0 Å². The maximum Gasteiger partial charge on any atom is 0.305 e. The van der Waals surface area contributed by atoms with Gasteiger partial charge in [-0.15, -0.1) is 0 Å². The molecule has 0 saturated heterocycles. The van der Waals surface area contributed by atoms with Crippen LogP contribution in [0.2, 0.25) is 5.02 Å². The van der Waals surface area contributed by atoms with Crippen LogP contribution in [-0.2, 0) is 6.42 Å². The second-order valence-corrected chi connectivity index (χ2v) is 5.64. The third kappa shape index (κ3) is 2.60. The van der Waals surface area contributed by atoms with Crippen LogP contribution in [0.15, 0.2) is 46.9 Å². The Kier molecular flexibility index (Phi) is 3.90. The Hall–Kier alpha value is -2.26. The molecular weight excluding hydrogens is 298 g/mol. The fourth-order valence-electron chi connectivity index (χ4n) is 2.65. The molecule has 2 aromatic carbocycles. The van der Waals surface area contributed by atoms with E-state index in [1.54, 1.807) is 0 Å². The van der Waals surface area contributed by atoms with Gasteiger partial charge in [-0.25, -0.2) is 0 Å². The molecule has 0 saturated carbocycles. The number of hydrogen-bond donors (Lipinski definition) is 0. The van der Waals surface area contributed by atoms with E-state index < -0.39 is 5.91 Å². The Labute approximate surface area is 133 Å². The molecule has 0 spiro atoms. The highest BCUT2D eigenvalue weighted by molar-refractivity contribution is 6.30. The van der Waals surface area contributed by atoms with Gasteiger partial charge in [-0.05, 0) is 35.7 Å². The lowest BCUT2D eigenvalue weighted by Crippen LogP contribution is -2.00. The van der Waals surface area contributed by atoms with Crippen LogP contribution in [0.3, 0.4) is 0 Å². The molecule has 1 N–H and O–H groups in total. The van der Waals surface area contributed by atoms with Crippen molar-refractivity contribution in [3.63, 3.8) is 0 Å². The number of carbonyl (C=O) groups excluding carboxylic acids is 1. The minimum atomic E-state index is -0.771. The molecular formula is C18H15ClNO2. The van der Waals surface area contributed by atoms with Crippen LogP contribution in [0.1, 0.15) is 29.5 Å². The molecule has 0 aliphatic carbocycles. The van der Waals surface area contributed by atoms with Crippen molar-refractivity contribution in [2.45, 2.75) is 19.8 Å². The van der Waals surface area contributed by atoms with Crippen molar-refractivity contribution < 1.29 is 9.21 Å². The van der Waals surface area contributed by atoms with E-state index in [1.165, 1.54) is 0 Å². The zero-order chi connectivity index (χ0) is 15.7. The molecule has 3 aromatic rings. The first-order valence-electron chi connectivity index (χ1n) is 7.17. The number of benzene rings is 2. The molecule has 0 fully saturated rings. The second kappa shape index (κ2) is 5.85. The van der Waals surface area contributed by atoms with Crippen LogP contribution < -0.4 is 5.73 Å². The highest BCUT2D eigenvalue weighted by Crippen LogP contribution is 2.31. The maximum absolute atomic E-state index is 11.5. The van der Waals surface area contributed by atoms with E-state index in [0.717, 1.165) is 34.9 Å². The lowest BCUT2D eigenvalue weighted by atomic mass is 10.0. The van der Waals surface area contributed by atoms with Crippen LogP contribution in [-0.4, -0.2) is 5.91 Å². The number of furan rings is 1. The van der Waals surface area contributed by atoms with Crippen LogP contribution in [0.25, 0.3) is 22.1 Å². The molecule has 22 heavy (non-hydrogen) atoms. The molecule has 1 heterocycles. The number of aryl methyl sites for hydroxylation is 1. The van der Waals surface area contributed by atoms with Gasteiger partial charge in [-0.2, -0.15) is 0 Å². The molecule has 4 heteroatoms. The van der Waals surface area contributed by atoms with E-state index in [9.17, 15) is 4.79 Å². The fourth-order valence-corrected chi connectivity index (χ4v) is 2.78. The van der Waals surface area contributed by atoms with Gasteiger partial charge < -0.3 is 4.42 Å². The maximum atomic E-state index is 11.5. The Bertz CT molecular complexity index is 834. The molecule has 0 bridgehead atoms. The summed E-state index contributed by atoms with van der Waals surface area (Å²) in [7, 11) is 0. The van der Waals surface area contributed by atoms with Crippen molar-refractivity contribution in [1.82, 2.24) is 5.73 Å². The fraction of sp³-hybridized carbons (Fsp3) is 0.167. The SMILES string of the molecule is CCCc1c(C([NH])=O)oc2cc(-c3ccc(Cl)cc3)ccc12. The first kappa shape index (κ1) is 14.7. The lowest BCUT2D eigenvalue weighted by molar-refractivity contribution is 0.0966. The first-order valence-corrected chi connectivity index (χ1v) is 7.55. The summed E-state index contributed by atoms with van der Waals surface area (Å²) in [6.45, 7) is 2.04. The Morgan fingerprint density at radius 2 is 1.82 bits per heavy atom. The molecule has 0 unspecified atom stereocenters. The van der Waals surface area contributed by atoms with E-state index in [-0.39, 0.29) is 5.76 Å². The van der Waals surface area contributed by atoms with E-state index >= 15 is 0 Å². The molecule has 1 radical (unpaired) electrons. The van der Waals surface area contributed by atoms with Crippen LogP contribution >= 0.6 is 11.6 Å². The Morgan fingerprint density at radius 3 is 2.45 bits per heavy atom. The van der Waals surface area contributed by atoms with Crippen LogP contribution in [0.5, 0.6) is 0 Å². The summed E-state index contributed by atoms with van der Waals surface area (Å²) in [5, 5.41) is 1.60. The molecule has 3 nitrogen and oxygen atoms in total. The standard InChI is InChI=1S/C18H15ClNO2/c1-2-3-15-14-9-6-12(11-4-7-13(19)8-5-11)10-16(14)22-17(15)18(20)21/h4-10,20H,2-3H2,1H3. The predicted molar refractivity (Wildman–Crippen MR) is 88.1 cm³/mol. The lowest BCUT2D eigenvalue weighted by Gasteiger charge is -2.02. The highest BCUT2D eigenvalue weighted by Gasteiger charge is 2.18. The zero-order valence-corrected chi connectivity index (χ0v) is 12.9. The Morgan fingerprint density at radius 1 is 1.14 bits per heavy atom. The van der Waals surface area contributed by atoms with Gasteiger partial charge >= 0.3 is 5.91 Å². The van der Waals surface area contributed by atoms with Crippen LogP contribution in [0.4, 0.5) is 0 Å². The van der Waals surface area contributed by atoms with Crippen molar-refractivity contribution in [2.75, 3.05) is 0 Å². The van der Waals surface area contributed by atoms with E-state index in [1.807, 2.05) is 49.4 Å². The first-order chi connectivity index (χ1) is 10.6. The normalized spacial score (nSPS) is 11.0.